The molecule has 3 rings (SSSR count). The maximum absolute atomic E-state index is 12.3. The summed E-state index contributed by atoms with van der Waals surface area (Å²) >= 11 is 1.43. The standard InChI is InChI=1S/C13H14N4OS/c1-9(2)17-7-14-5-10(17)6-16-8-15-11-3-4-19-12(11)13(16)18/h3-5,7-9H,6H2,1-2H3. The van der Waals surface area contributed by atoms with E-state index < -0.39 is 0 Å². The van der Waals surface area contributed by atoms with E-state index in [0.29, 0.717) is 17.3 Å². The largest absolute Gasteiger partial charge is 0.330 e. The van der Waals surface area contributed by atoms with Gasteiger partial charge in [0.05, 0.1) is 30.4 Å². The normalized spacial score (nSPS) is 11.5. The summed E-state index contributed by atoms with van der Waals surface area (Å²) in [6, 6.07) is 2.19. The van der Waals surface area contributed by atoms with Gasteiger partial charge in [0, 0.05) is 12.2 Å². The average molecular weight is 274 g/mol. The molecule has 0 spiro atoms. The fourth-order valence-electron chi connectivity index (χ4n) is 2.09. The van der Waals surface area contributed by atoms with Crippen LogP contribution in [-0.4, -0.2) is 19.1 Å². The molecule has 0 bridgehead atoms. The summed E-state index contributed by atoms with van der Waals surface area (Å²) in [4.78, 5) is 20.8. The Morgan fingerprint density at radius 2 is 2.21 bits per heavy atom. The highest BCUT2D eigenvalue weighted by Crippen LogP contribution is 2.14. The number of rotatable bonds is 3. The van der Waals surface area contributed by atoms with Crippen molar-refractivity contribution in [3.63, 3.8) is 0 Å². The lowest BCUT2D eigenvalue weighted by Crippen LogP contribution is -2.21. The summed E-state index contributed by atoms with van der Waals surface area (Å²) in [5.41, 5.74) is 1.79. The van der Waals surface area contributed by atoms with E-state index in [1.54, 1.807) is 23.4 Å². The zero-order valence-electron chi connectivity index (χ0n) is 10.8. The van der Waals surface area contributed by atoms with Gasteiger partial charge in [0.1, 0.15) is 4.70 Å². The minimum Gasteiger partial charge on any atom is -0.330 e. The minimum absolute atomic E-state index is 0.0107. The summed E-state index contributed by atoms with van der Waals surface area (Å²) in [5, 5.41) is 1.89. The summed E-state index contributed by atoms with van der Waals surface area (Å²) < 4.78 is 4.40. The van der Waals surface area contributed by atoms with Crippen molar-refractivity contribution in [2.75, 3.05) is 0 Å². The van der Waals surface area contributed by atoms with Gasteiger partial charge in [-0.1, -0.05) is 0 Å². The molecule has 19 heavy (non-hydrogen) atoms. The number of fused-ring (bicyclic) bond motifs is 1. The van der Waals surface area contributed by atoms with Crippen LogP contribution in [0.4, 0.5) is 0 Å². The summed E-state index contributed by atoms with van der Waals surface area (Å²) in [7, 11) is 0. The third kappa shape index (κ3) is 2.08. The van der Waals surface area contributed by atoms with Crippen LogP contribution in [-0.2, 0) is 6.54 Å². The molecular formula is C13H14N4OS. The first-order valence-corrected chi connectivity index (χ1v) is 6.98. The summed E-state index contributed by atoms with van der Waals surface area (Å²) in [6.45, 7) is 4.68. The van der Waals surface area contributed by atoms with Crippen molar-refractivity contribution in [2.24, 2.45) is 0 Å². The van der Waals surface area contributed by atoms with Gasteiger partial charge in [0.15, 0.2) is 0 Å². The van der Waals surface area contributed by atoms with Crippen molar-refractivity contribution in [3.05, 3.63) is 46.3 Å². The minimum atomic E-state index is 0.0107. The molecule has 0 amide bonds. The number of thiophene rings is 1. The predicted molar refractivity (Wildman–Crippen MR) is 75.6 cm³/mol. The Kier molecular flexibility index (Phi) is 2.94. The van der Waals surface area contributed by atoms with Crippen molar-refractivity contribution in [3.8, 4) is 0 Å². The maximum atomic E-state index is 12.3. The van der Waals surface area contributed by atoms with E-state index in [0.717, 1.165) is 11.2 Å². The first-order valence-electron chi connectivity index (χ1n) is 6.10. The number of hydrogen-bond donors (Lipinski definition) is 0. The van der Waals surface area contributed by atoms with Crippen LogP contribution in [0.2, 0.25) is 0 Å². The lowest BCUT2D eigenvalue weighted by atomic mass is 10.3. The quantitative estimate of drug-likeness (QED) is 0.736. The van der Waals surface area contributed by atoms with Crippen LogP contribution in [0.3, 0.4) is 0 Å². The highest BCUT2D eigenvalue weighted by molar-refractivity contribution is 7.17. The molecule has 0 aliphatic heterocycles. The topological polar surface area (TPSA) is 52.7 Å². The molecule has 0 aromatic carbocycles. The van der Waals surface area contributed by atoms with Crippen molar-refractivity contribution in [1.29, 1.82) is 0 Å². The number of hydrogen-bond acceptors (Lipinski definition) is 4. The third-order valence-corrected chi connectivity index (χ3v) is 3.96. The Bertz CT molecular complexity index is 768. The fraction of sp³-hybridized carbons (Fsp3) is 0.308. The summed E-state index contributed by atoms with van der Waals surface area (Å²) in [5.74, 6) is 0. The third-order valence-electron chi connectivity index (χ3n) is 3.07. The van der Waals surface area contributed by atoms with Gasteiger partial charge in [0.2, 0.25) is 0 Å². The van der Waals surface area contributed by atoms with Gasteiger partial charge in [0.25, 0.3) is 5.56 Å². The molecule has 0 saturated heterocycles. The van der Waals surface area contributed by atoms with Gasteiger partial charge < -0.3 is 4.57 Å². The predicted octanol–water partition coefficient (Wildman–Crippen LogP) is 2.28. The average Bonchev–Trinajstić information content (AvgIpc) is 3.01. The Balaban J connectivity index is 2.03. The lowest BCUT2D eigenvalue weighted by Gasteiger charge is -2.12. The monoisotopic (exact) mass is 274 g/mol. The molecule has 3 aromatic rings. The van der Waals surface area contributed by atoms with E-state index in [1.165, 1.54) is 11.3 Å². The first kappa shape index (κ1) is 12.1. The van der Waals surface area contributed by atoms with Gasteiger partial charge in [-0.25, -0.2) is 9.97 Å². The second-order valence-electron chi connectivity index (χ2n) is 4.70. The van der Waals surface area contributed by atoms with E-state index in [-0.39, 0.29) is 5.56 Å². The van der Waals surface area contributed by atoms with Gasteiger partial charge in [-0.15, -0.1) is 11.3 Å². The Morgan fingerprint density at radius 3 is 3.00 bits per heavy atom. The molecule has 0 atom stereocenters. The van der Waals surface area contributed by atoms with Gasteiger partial charge in [-0.05, 0) is 25.3 Å². The van der Waals surface area contributed by atoms with Crippen molar-refractivity contribution >= 4 is 21.6 Å². The van der Waals surface area contributed by atoms with E-state index in [1.807, 2.05) is 11.4 Å². The number of imidazole rings is 1. The van der Waals surface area contributed by atoms with Crippen LogP contribution < -0.4 is 5.56 Å². The van der Waals surface area contributed by atoms with E-state index in [2.05, 4.69) is 28.4 Å². The Hall–Kier alpha value is -1.95. The number of nitrogens with zero attached hydrogens (tertiary/aromatic N) is 4. The van der Waals surface area contributed by atoms with Crippen molar-refractivity contribution in [2.45, 2.75) is 26.4 Å². The van der Waals surface area contributed by atoms with Gasteiger partial charge >= 0.3 is 0 Å². The van der Waals surface area contributed by atoms with Crippen LogP contribution in [0.25, 0.3) is 10.2 Å². The Morgan fingerprint density at radius 1 is 1.37 bits per heavy atom. The molecule has 0 saturated carbocycles. The molecule has 0 radical (unpaired) electrons. The second kappa shape index (κ2) is 4.62. The second-order valence-corrected chi connectivity index (χ2v) is 5.61. The number of aromatic nitrogens is 4. The first-order chi connectivity index (χ1) is 9.16. The molecule has 0 unspecified atom stereocenters. The molecule has 0 N–H and O–H groups in total. The fourth-order valence-corrected chi connectivity index (χ4v) is 2.88. The van der Waals surface area contributed by atoms with Crippen LogP contribution in [0.1, 0.15) is 25.6 Å². The molecule has 0 aliphatic rings. The van der Waals surface area contributed by atoms with Crippen molar-refractivity contribution in [1.82, 2.24) is 19.1 Å². The summed E-state index contributed by atoms with van der Waals surface area (Å²) in [6.07, 6.45) is 5.20. The van der Waals surface area contributed by atoms with E-state index >= 15 is 0 Å². The molecule has 98 valence electrons. The Labute approximate surface area is 114 Å². The molecule has 0 aliphatic carbocycles. The van der Waals surface area contributed by atoms with E-state index in [9.17, 15) is 4.79 Å². The van der Waals surface area contributed by atoms with Crippen LogP contribution >= 0.6 is 11.3 Å². The molecule has 3 heterocycles. The molecular weight excluding hydrogens is 260 g/mol. The van der Waals surface area contributed by atoms with Gasteiger partial charge in [-0.2, -0.15) is 0 Å². The van der Waals surface area contributed by atoms with Gasteiger partial charge in [-0.3, -0.25) is 9.36 Å². The SMILES string of the molecule is CC(C)n1cncc1Cn1cnc2ccsc2c1=O. The van der Waals surface area contributed by atoms with E-state index in [4.69, 9.17) is 0 Å². The highest BCUT2D eigenvalue weighted by atomic mass is 32.1. The van der Waals surface area contributed by atoms with Crippen LogP contribution in [0, 0.1) is 0 Å². The lowest BCUT2D eigenvalue weighted by molar-refractivity contribution is 0.557. The molecule has 6 heteroatoms. The zero-order chi connectivity index (χ0) is 13.4. The zero-order valence-corrected chi connectivity index (χ0v) is 11.6. The van der Waals surface area contributed by atoms with Crippen LogP contribution in [0.15, 0.2) is 35.1 Å². The maximum Gasteiger partial charge on any atom is 0.271 e. The molecule has 0 fully saturated rings. The smallest absolute Gasteiger partial charge is 0.271 e. The highest BCUT2D eigenvalue weighted by Gasteiger charge is 2.09. The van der Waals surface area contributed by atoms with Crippen LogP contribution in [0.5, 0.6) is 0 Å². The van der Waals surface area contributed by atoms with Crippen molar-refractivity contribution < 1.29 is 0 Å². The molecule has 5 nitrogen and oxygen atoms in total. The molecule has 3 aromatic heterocycles.